The number of hydrogen-bond donors (Lipinski definition) is 15. The Labute approximate surface area is 436 Å². The van der Waals surface area contributed by atoms with E-state index in [0.717, 1.165) is 0 Å². The lowest BCUT2D eigenvalue weighted by Gasteiger charge is -2.29. The van der Waals surface area contributed by atoms with E-state index < -0.39 is 114 Å². The van der Waals surface area contributed by atoms with Crippen LogP contribution in [0.15, 0.2) is 9.98 Å². The molecule has 0 aliphatic carbocycles. The van der Waals surface area contributed by atoms with Crippen LogP contribution in [0.3, 0.4) is 0 Å². The highest BCUT2D eigenvalue weighted by atomic mass is 16.4. The lowest BCUT2D eigenvalue weighted by atomic mass is 9.97. The average Bonchev–Trinajstić information content (AvgIpc) is 3.30. The third-order valence-corrected chi connectivity index (χ3v) is 11.7. The van der Waals surface area contributed by atoms with Gasteiger partial charge in [0.05, 0.1) is 6.04 Å². The van der Waals surface area contributed by atoms with Crippen LogP contribution in [0.2, 0.25) is 0 Å². The van der Waals surface area contributed by atoms with Gasteiger partial charge < -0.3 is 82.0 Å². The van der Waals surface area contributed by atoms with Gasteiger partial charge in [0, 0.05) is 13.1 Å². The van der Waals surface area contributed by atoms with Crippen molar-refractivity contribution in [2.75, 3.05) is 19.6 Å². The molecule has 0 unspecified atom stereocenters. The summed E-state index contributed by atoms with van der Waals surface area (Å²) in [6.07, 6.45) is 2.29. The number of guanidine groups is 2. The molecule has 0 bridgehead atoms. The quantitative estimate of drug-likeness (QED) is 0.0177. The largest absolute Gasteiger partial charge is 0.480 e. The van der Waals surface area contributed by atoms with Crippen LogP contribution in [0.25, 0.3) is 0 Å². The van der Waals surface area contributed by atoms with Gasteiger partial charge in [0.2, 0.25) is 47.3 Å². The number of aliphatic imine (C=N–C) groups is 2. The number of nitrogens with zero attached hydrogens (tertiary/aromatic N) is 2. The molecule has 0 fully saturated rings. The van der Waals surface area contributed by atoms with Crippen molar-refractivity contribution in [2.45, 2.75) is 194 Å². The highest BCUT2D eigenvalue weighted by Crippen LogP contribution is 2.14. The molecule has 26 heteroatoms. The zero-order valence-corrected chi connectivity index (χ0v) is 45.4. The normalized spacial score (nSPS) is 15.3. The van der Waals surface area contributed by atoms with Crippen molar-refractivity contribution in [1.82, 2.24) is 42.5 Å². The molecule has 0 aromatic rings. The minimum atomic E-state index is -1.34. The first-order valence-electron chi connectivity index (χ1n) is 25.8. The van der Waals surface area contributed by atoms with Crippen LogP contribution in [-0.4, -0.2) is 144 Å². The molecule has 0 aliphatic heterocycles. The lowest BCUT2D eigenvalue weighted by molar-refractivity contribution is -0.142. The number of carboxylic acids is 1. The molecule has 0 rings (SSSR count). The van der Waals surface area contributed by atoms with Crippen molar-refractivity contribution in [3.05, 3.63) is 0 Å². The van der Waals surface area contributed by atoms with Gasteiger partial charge in [-0.25, -0.2) is 4.79 Å². The van der Waals surface area contributed by atoms with Crippen LogP contribution in [0, 0.1) is 23.7 Å². The molecule has 0 saturated carbocycles. The predicted octanol–water partition coefficient (Wildman–Crippen LogP) is -2.26. The summed E-state index contributed by atoms with van der Waals surface area (Å²) in [4.78, 5) is 130. The van der Waals surface area contributed by atoms with Crippen molar-refractivity contribution in [1.29, 1.82) is 0 Å². The molecule has 0 aromatic carbocycles. The predicted molar refractivity (Wildman–Crippen MR) is 283 cm³/mol. The van der Waals surface area contributed by atoms with Crippen LogP contribution < -0.4 is 76.9 Å². The second-order valence-electron chi connectivity index (χ2n) is 20.2. The number of aliphatic carboxylic acids is 1. The number of unbranched alkanes of at least 4 members (excludes halogenated alkanes) is 1. The smallest absolute Gasteiger partial charge is 0.326 e. The minimum absolute atomic E-state index is 0.00127. The summed E-state index contributed by atoms with van der Waals surface area (Å²) < 4.78 is 0. The SMILES string of the molecule is CC[C@H](C)[C@H](NC(=O)[C@H](C)NC(=O)[C@H](CC(C)C)NC(=O)[C@H](CC(C)C)NC(=O)[C@H](CC(C)C)NC(=O)[C@H](C)N)C(=O)N[C@@H](CCCN=C(N)N)C(=O)N[C@@H](CCCCN)C(=O)N[C@@H](CCCN=C(N)N)C(=O)O. The van der Waals surface area contributed by atoms with Crippen molar-refractivity contribution in [3.63, 3.8) is 0 Å². The summed E-state index contributed by atoms with van der Waals surface area (Å²) in [6, 6.07) is -10.5. The van der Waals surface area contributed by atoms with Crippen molar-refractivity contribution < 1.29 is 48.3 Å². The van der Waals surface area contributed by atoms with Crippen LogP contribution in [-0.2, 0) is 43.2 Å². The molecule has 0 heterocycles. The Morgan fingerprint density at radius 3 is 1.18 bits per heavy atom. The van der Waals surface area contributed by atoms with Crippen molar-refractivity contribution in [2.24, 2.45) is 68.1 Å². The third kappa shape index (κ3) is 28.2. The molecule has 0 aliphatic rings. The highest BCUT2D eigenvalue weighted by molar-refractivity contribution is 5.98. The maximum Gasteiger partial charge on any atom is 0.326 e. The van der Waals surface area contributed by atoms with Crippen LogP contribution >= 0.6 is 0 Å². The first kappa shape index (κ1) is 67.7. The molecular formula is C48H92N16O10. The molecule has 0 radical (unpaired) electrons. The standard InChI is InChI=1S/C48H92N16O10/c1-11-28(8)37(45(72)59-32(17-14-20-55-47(51)52)40(67)58-31(16-12-13-19-49)41(68)60-33(46(73)74)18-15-21-56-48(53)54)64-39(66)30(10)57-42(69)34(22-25(2)3)62-44(71)36(24-27(6)7)63-43(70)35(23-26(4)5)61-38(65)29(9)50/h25-37H,11-24,49-50H2,1-10H3,(H,57,69)(H,58,67)(H,59,72)(H,60,68)(H,61,65)(H,62,71)(H,63,70)(H,64,66)(H,73,74)(H4,51,52,55)(H4,53,54,56)/t28-,29-,30-,31-,32-,33-,34-,35-,36-,37-/m0/s1. The first-order chi connectivity index (χ1) is 34.5. The van der Waals surface area contributed by atoms with E-state index in [1.54, 1.807) is 13.8 Å². The van der Waals surface area contributed by atoms with E-state index >= 15 is 0 Å². The van der Waals surface area contributed by atoms with Gasteiger partial charge in [0.25, 0.3) is 0 Å². The van der Waals surface area contributed by atoms with E-state index in [1.165, 1.54) is 13.8 Å². The number of amides is 8. The number of nitrogens with one attached hydrogen (secondary N) is 8. The molecule has 0 aromatic heterocycles. The number of carbonyl (C=O) groups excluding carboxylic acids is 8. The summed E-state index contributed by atoms with van der Waals surface area (Å²) in [6.45, 7) is 18.0. The molecule has 26 nitrogen and oxygen atoms in total. The van der Waals surface area contributed by atoms with E-state index in [0.29, 0.717) is 19.3 Å². The maximum atomic E-state index is 14.2. The van der Waals surface area contributed by atoms with E-state index in [-0.39, 0.29) is 101 Å². The maximum absolute atomic E-state index is 14.2. The zero-order chi connectivity index (χ0) is 56.8. The third-order valence-electron chi connectivity index (χ3n) is 11.7. The first-order valence-corrected chi connectivity index (χ1v) is 25.8. The van der Waals surface area contributed by atoms with Crippen LogP contribution in [0.1, 0.15) is 140 Å². The van der Waals surface area contributed by atoms with E-state index in [1.807, 2.05) is 41.5 Å². The molecular weight excluding hydrogens is 961 g/mol. The van der Waals surface area contributed by atoms with Gasteiger partial charge in [0.1, 0.15) is 48.3 Å². The second kappa shape index (κ2) is 35.8. The Bertz CT molecular complexity index is 1870. The van der Waals surface area contributed by atoms with Gasteiger partial charge in [-0.2, -0.15) is 0 Å². The van der Waals surface area contributed by atoms with Gasteiger partial charge in [-0.15, -0.1) is 0 Å². The minimum Gasteiger partial charge on any atom is -0.480 e. The highest BCUT2D eigenvalue weighted by Gasteiger charge is 2.35. The molecule has 424 valence electrons. The Kier molecular flexibility index (Phi) is 32.7. The monoisotopic (exact) mass is 1050 g/mol. The van der Waals surface area contributed by atoms with Gasteiger partial charge >= 0.3 is 5.97 Å². The van der Waals surface area contributed by atoms with Gasteiger partial charge in [0.15, 0.2) is 11.9 Å². The Morgan fingerprint density at radius 1 is 0.446 bits per heavy atom. The van der Waals surface area contributed by atoms with E-state index in [9.17, 15) is 48.3 Å². The van der Waals surface area contributed by atoms with Gasteiger partial charge in [-0.05, 0) is 108 Å². The fourth-order valence-electron chi connectivity index (χ4n) is 7.42. The molecule has 10 atom stereocenters. The molecule has 0 saturated heterocycles. The van der Waals surface area contributed by atoms with Gasteiger partial charge in [-0.3, -0.25) is 48.3 Å². The van der Waals surface area contributed by atoms with Crippen molar-refractivity contribution in [3.8, 4) is 0 Å². The summed E-state index contributed by atoms with van der Waals surface area (Å²) in [7, 11) is 0. The van der Waals surface area contributed by atoms with E-state index in [4.69, 9.17) is 34.4 Å². The summed E-state index contributed by atoms with van der Waals surface area (Å²) in [5.41, 5.74) is 33.2. The van der Waals surface area contributed by atoms with Crippen molar-refractivity contribution >= 4 is 65.1 Å². The Morgan fingerprint density at radius 2 is 0.797 bits per heavy atom. The summed E-state index contributed by atoms with van der Waals surface area (Å²) in [5.74, 6) is -8.00. The van der Waals surface area contributed by atoms with Crippen LogP contribution in [0.4, 0.5) is 0 Å². The molecule has 74 heavy (non-hydrogen) atoms. The number of nitrogens with two attached hydrogens (primary N) is 6. The van der Waals surface area contributed by atoms with Crippen LogP contribution in [0.5, 0.6) is 0 Å². The Balaban J connectivity index is 6.55. The fraction of sp³-hybridized carbons (Fsp3) is 0.771. The number of rotatable bonds is 37. The Hall–Kier alpha value is -6.31. The number of carbonyl (C=O) groups is 9. The molecule has 21 N–H and O–H groups in total. The average molecular weight is 1050 g/mol. The number of hydrogen-bond acceptors (Lipinski definition) is 13. The topological polar surface area (TPSA) is 451 Å². The lowest BCUT2D eigenvalue weighted by Crippen LogP contribution is -2.61. The summed E-state index contributed by atoms with van der Waals surface area (Å²) in [5, 5.41) is 31.2. The van der Waals surface area contributed by atoms with E-state index in [2.05, 4.69) is 52.5 Å². The zero-order valence-electron chi connectivity index (χ0n) is 45.4. The summed E-state index contributed by atoms with van der Waals surface area (Å²) >= 11 is 0. The second-order valence-corrected chi connectivity index (χ2v) is 20.2. The molecule has 8 amide bonds. The molecule has 0 spiro atoms. The number of carboxylic acid groups (broad SMARTS) is 1. The van der Waals surface area contributed by atoms with Gasteiger partial charge in [-0.1, -0.05) is 61.8 Å². The fourth-order valence-corrected chi connectivity index (χ4v) is 7.42.